The Bertz CT molecular complexity index is 320. The van der Waals surface area contributed by atoms with Crippen LogP contribution < -0.4 is 0 Å². The van der Waals surface area contributed by atoms with Crippen LogP contribution in [0.3, 0.4) is 0 Å². The molecule has 0 saturated carbocycles. The van der Waals surface area contributed by atoms with Gasteiger partial charge in [-0.2, -0.15) is 0 Å². The summed E-state index contributed by atoms with van der Waals surface area (Å²) in [6.45, 7) is 18.0. The molecule has 0 saturated heterocycles. The molecule has 0 bridgehead atoms. The molecule has 6 unspecified atom stereocenters. The van der Waals surface area contributed by atoms with E-state index in [0.717, 1.165) is 17.8 Å². The molecule has 0 aromatic rings. The summed E-state index contributed by atoms with van der Waals surface area (Å²) in [5.74, 6) is 3.72. The van der Waals surface area contributed by atoms with Crippen molar-refractivity contribution in [3.8, 4) is 0 Å². The molecule has 0 amide bonds. The van der Waals surface area contributed by atoms with Crippen LogP contribution in [0.5, 0.6) is 0 Å². The molecular formula is C19H37N. The maximum Gasteiger partial charge on any atom is 0.0152 e. The third-order valence-corrected chi connectivity index (χ3v) is 6.02. The Morgan fingerprint density at radius 2 is 1.65 bits per heavy atom. The highest BCUT2D eigenvalue weighted by Gasteiger charge is 2.37. The fraction of sp³-hybridized carbons (Fsp3) is 0.895. The van der Waals surface area contributed by atoms with Gasteiger partial charge in [-0.15, -0.1) is 0 Å². The Balaban J connectivity index is 3.15. The summed E-state index contributed by atoms with van der Waals surface area (Å²) >= 11 is 0. The first kappa shape index (κ1) is 17.8. The topological polar surface area (TPSA) is 3.24 Å². The van der Waals surface area contributed by atoms with Crippen molar-refractivity contribution in [3.05, 3.63) is 11.6 Å². The molecule has 20 heavy (non-hydrogen) atoms. The van der Waals surface area contributed by atoms with Gasteiger partial charge in [-0.05, 0) is 56.5 Å². The van der Waals surface area contributed by atoms with Gasteiger partial charge in [-0.3, -0.25) is 0 Å². The van der Waals surface area contributed by atoms with Crippen molar-refractivity contribution in [3.63, 3.8) is 0 Å². The van der Waals surface area contributed by atoms with Crippen LogP contribution in [-0.2, 0) is 0 Å². The summed E-state index contributed by atoms with van der Waals surface area (Å²) in [5.41, 5.74) is 1.60. The van der Waals surface area contributed by atoms with E-state index in [4.69, 9.17) is 0 Å². The Hall–Kier alpha value is -0.300. The average molecular weight is 280 g/mol. The zero-order valence-electron chi connectivity index (χ0n) is 15.1. The van der Waals surface area contributed by atoms with Gasteiger partial charge in [0.2, 0.25) is 0 Å². The van der Waals surface area contributed by atoms with E-state index in [-0.39, 0.29) is 0 Å². The predicted octanol–water partition coefficient (Wildman–Crippen LogP) is 5.23. The standard InChI is InChI=1S/C19H37N/c1-9-11-20(8)19-16(6)15(5)13(3)12-14(4)18(10-2)17(19)7/h12,14-19H,9-11H2,1-8H3/b13-12+. The minimum atomic E-state index is 0.696. The summed E-state index contributed by atoms with van der Waals surface area (Å²) < 4.78 is 0. The van der Waals surface area contributed by atoms with E-state index in [0.29, 0.717) is 17.9 Å². The molecule has 0 spiro atoms. The van der Waals surface area contributed by atoms with Crippen molar-refractivity contribution >= 4 is 0 Å². The monoisotopic (exact) mass is 279 g/mol. The van der Waals surface area contributed by atoms with E-state index in [1.807, 2.05) is 0 Å². The molecule has 0 fully saturated rings. The van der Waals surface area contributed by atoms with Crippen molar-refractivity contribution in [1.29, 1.82) is 0 Å². The molecule has 1 rings (SSSR count). The van der Waals surface area contributed by atoms with Crippen molar-refractivity contribution in [2.75, 3.05) is 13.6 Å². The van der Waals surface area contributed by atoms with Crippen LogP contribution in [-0.4, -0.2) is 24.5 Å². The van der Waals surface area contributed by atoms with Crippen LogP contribution in [0.15, 0.2) is 11.6 Å². The predicted molar refractivity (Wildman–Crippen MR) is 90.9 cm³/mol. The number of hydrogen-bond donors (Lipinski definition) is 0. The summed E-state index contributed by atoms with van der Waals surface area (Å²) in [5, 5.41) is 0. The Morgan fingerprint density at radius 1 is 1.05 bits per heavy atom. The van der Waals surface area contributed by atoms with Crippen LogP contribution >= 0.6 is 0 Å². The van der Waals surface area contributed by atoms with Gasteiger partial charge in [0.1, 0.15) is 0 Å². The molecule has 0 N–H and O–H groups in total. The highest BCUT2D eigenvalue weighted by atomic mass is 15.1. The van der Waals surface area contributed by atoms with Crippen LogP contribution in [0.2, 0.25) is 0 Å². The molecule has 118 valence electrons. The summed E-state index contributed by atoms with van der Waals surface area (Å²) in [6.07, 6.45) is 5.10. The van der Waals surface area contributed by atoms with E-state index in [9.17, 15) is 0 Å². The molecule has 1 heteroatoms. The van der Waals surface area contributed by atoms with Gasteiger partial charge >= 0.3 is 0 Å². The maximum atomic E-state index is 2.64. The molecule has 0 aliphatic heterocycles. The van der Waals surface area contributed by atoms with Crippen LogP contribution in [0.4, 0.5) is 0 Å². The van der Waals surface area contributed by atoms with Gasteiger partial charge in [-0.25, -0.2) is 0 Å². The molecule has 6 atom stereocenters. The van der Waals surface area contributed by atoms with E-state index in [1.165, 1.54) is 19.4 Å². The van der Waals surface area contributed by atoms with Crippen molar-refractivity contribution in [1.82, 2.24) is 4.90 Å². The fourth-order valence-corrected chi connectivity index (χ4v) is 4.66. The maximum absolute atomic E-state index is 2.64. The smallest absolute Gasteiger partial charge is 0.0152 e. The first-order valence-electron chi connectivity index (χ1n) is 8.73. The van der Waals surface area contributed by atoms with Crippen molar-refractivity contribution < 1.29 is 0 Å². The second kappa shape index (κ2) is 7.64. The first-order chi connectivity index (χ1) is 9.34. The second-order valence-corrected chi connectivity index (χ2v) is 7.32. The summed E-state index contributed by atoms with van der Waals surface area (Å²) in [4.78, 5) is 2.64. The molecule has 0 aromatic carbocycles. The summed E-state index contributed by atoms with van der Waals surface area (Å²) in [6, 6.07) is 0.709. The van der Waals surface area contributed by atoms with E-state index < -0.39 is 0 Å². The third kappa shape index (κ3) is 3.67. The van der Waals surface area contributed by atoms with Gasteiger partial charge in [0, 0.05) is 6.04 Å². The van der Waals surface area contributed by atoms with Crippen molar-refractivity contribution in [2.45, 2.75) is 67.3 Å². The minimum absolute atomic E-state index is 0.696. The lowest BCUT2D eigenvalue weighted by Gasteiger charge is -2.45. The van der Waals surface area contributed by atoms with E-state index >= 15 is 0 Å². The minimum Gasteiger partial charge on any atom is -0.303 e. The second-order valence-electron chi connectivity index (χ2n) is 7.32. The molecule has 0 aromatic heterocycles. The highest BCUT2D eigenvalue weighted by molar-refractivity contribution is 5.10. The highest BCUT2D eigenvalue weighted by Crippen LogP contribution is 2.40. The lowest BCUT2D eigenvalue weighted by molar-refractivity contribution is 0.0623. The summed E-state index contributed by atoms with van der Waals surface area (Å²) in [7, 11) is 2.34. The molecule has 1 aliphatic rings. The van der Waals surface area contributed by atoms with E-state index in [2.05, 4.69) is 66.5 Å². The lowest BCUT2D eigenvalue weighted by Crippen LogP contribution is -2.48. The quantitative estimate of drug-likeness (QED) is 0.637. The molecular weight excluding hydrogens is 242 g/mol. The number of nitrogens with zero attached hydrogens (tertiary/aromatic N) is 1. The van der Waals surface area contributed by atoms with Crippen LogP contribution in [0.25, 0.3) is 0 Å². The van der Waals surface area contributed by atoms with Crippen LogP contribution in [0.1, 0.15) is 61.3 Å². The SMILES string of the molecule is CCCN(C)C1C(C)C(C)/C(C)=C/C(C)C(CC)C1C. The van der Waals surface area contributed by atoms with Crippen LogP contribution in [0, 0.1) is 29.6 Å². The van der Waals surface area contributed by atoms with Crippen molar-refractivity contribution in [2.24, 2.45) is 29.6 Å². The molecule has 1 nitrogen and oxygen atoms in total. The zero-order valence-corrected chi connectivity index (χ0v) is 15.1. The van der Waals surface area contributed by atoms with Gasteiger partial charge in [0.05, 0.1) is 0 Å². The largest absolute Gasteiger partial charge is 0.303 e. The first-order valence-corrected chi connectivity index (χ1v) is 8.73. The van der Waals surface area contributed by atoms with Gasteiger partial charge in [0.25, 0.3) is 0 Å². The van der Waals surface area contributed by atoms with E-state index in [1.54, 1.807) is 5.57 Å². The molecule has 0 radical (unpaired) electrons. The van der Waals surface area contributed by atoms with Gasteiger partial charge in [0.15, 0.2) is 0 Å². The molecule has 0 heterocycles. The third-order valence-electron chi connectivity index (χ3n) is 6.02. The number of rotatable bonds is 4. The Labute approximate surface area is 127 Å². The number of hydrogen-bond acceptors (Lipinski definition) is 1. The Kier molecular flexibility index (Phi) is 6.78. The lowest BCUT2D eigenvalue weighted by atomic mass is 9.67. The van der Waals surface area contributed by atoms with Gasteiger partial charge < -0.3 is 4.90 Å². The average Bonchev–Trinajstić information content (AvgIpc) is 2.38. The fourth-order valence-electron chi connectivity index (χ4n) is 4.66. The number of allylic oxidation sites excluding steroid dienone is 2. The normalized spacial score (nSPS) is 42.0. The zero-order chi connectivity index (χ0) is 15.4. The Morgan fingerprint density at radius 3 is 2.15 bits per heavy atom. The van der Waals surface area contributed by atoms with Gasteiger partial charge in [-0.1, -0.05) is 59.6 Å². The molecule has 1 aliphatic carbocycles.